The molecule has 0 radical (unpaired) electrons. The van der Waals surface area contributed by atoms with Gasteiger partial charge in [-0.3, -0.25) is 19.8 Å². The molecule has 0 aromatic carbocycles. The highest BCUT2D eigenvalue weighted by molar-refractivity contribution is 5.80. The van der Waals surface area contributed by atoms with Crippen LogP contribution in [-0.4, -0.2) is 41.6 Å². The Morgan fingerprint density at radius 1 is 0.962 bits per heavy atom. The van der Waals surface area contributed by atoms with Gasteiger partial charge in [-0.25, -0.2) is 0 Å². The number of aliphatic carboxylic acids is 1. The zero-order chi connectivity index (χ0) is 19.9. The molecule has 0 saturated heterocycles. The van der Waals surface area contributed by atoms with Crippen molar-refractivity contribution in [1.29, 1.82) is 5.41 Å². The van der Waals surface area contributed by atoms with Crippen LogP contribution in [-0.2, 0) is 14.4 Å². The van der Waals surface area contributed by atoms with E-state index in [9.17, 15) is 14.4 Å². The Hall–Kier alpha value is -2.32. The predicted molar refractivity (Wildman–Crippen MR) is 99.4 cm³/mol. The summed E-state index contributed by atoms with van der Waals surface area (Å²) < 4.78 is 0. The van der Waals surface area contributed by atoms with Gasteiger partial charge in [0, 0.05) is 19.4 Å². The summed E-state index contributed by atoms with van der Waals surface area (Å²) in [6.07, 6.45) is 3.79. The Bertz CT molecular complexity index is 468. The summed E-state index contributed by atoms with van der Waals surface area (Å²) in [5.74, 6) is -1.50. The zero-order valence-electron chi connectivity index (χ0n) is 15.8. The van der Waals surface area contributed by atoms with E-state index in [1.165, 1.54) is 0 Å². The van der Waals surface area contributed by atoms with Gasteiger partial charge < -0.3 is 26.8 Å². The van der Waals surface area contributed by atoms with Crippen LogP contribution in [0.4, 0.5) is 0 Å². The van der Waals surface area contributed by atoms with Crippen LogP contribution >= 0.6 is 0 Å². The molecular formula is C17H33N5O4. The Kier molecular flexibility index (Phi) is 12.7. The fraction of sp³-hybridized carbons (Fsp3) is 0.765. The molecule has 0 bridgehead atoms. The molecule has 0 spiro atoms. The maximum atomic E-state index is 11.9. The third kappa shape index (κ3) is 15.2. The van der Waals surface area contributed by atoms with Gasteiger partial charge in [-0.2, -0.15) is 0 Å². The molecule has 0 aliphatic rings. The topological polar surface area (TPSA) is 157 Å². The molecule has 9 nitrogen and oxygen atoms in total. The number of guanidine groups is 1. The molecular weight excluding hydrogens is 338 g/mol. The van der Waals surface area contributed by atoms with Gasteiger partial charge in [0.1, 0.15) is 6.17 Å². The highest BCUT2D eigenvalue weighted by atomic mass is 16.4. The van der Waals surface area contributed by atoms with Crippen LogP contribution < -0.4 is 21.7 Å². The van der Waals surface area contributed by atoms with Crippen LogP contribution in [0.15, 0.2) is 0 Å². The summed E-state index contributed by atoms with van der Waals surface area (Å²) in [5, 5.41) is 23.8. The van der Waals surface area contributed by atoms with E-state index in [4.69, 9.17) is 16.2 Å². The Morgan fingerprint density at radius 2 is 1.54 bits per heavy atom. The van der Waals surface area contributed by atoms with Gasteiger partial charge in [-0.05, 0) is 18.8 Å². The molecule has 0 rings (SSSR count). The number of carboxylic acids is 1. The molecule has 0 aromatic heterocycles. The number of carboxylic acid groups (broad SMARTS) is 1. The first kappa shape index (κ1) is 23.7. The lowest BCUT2D eigenvalue weighted by atomic mass is 10.1. The van der Waals surface area contributed by atoms with Crippen molar-refractivity contribution in [2.75, 3.05) is 6.54 Å². The molecule has 0 heterocycles. The molecule has 26 heavy (non-hydrogen) atoms. The number of carbonyl (C=O) groups is 3. The van der Waals surface area contributed by atoms with Crippen LogP contribution in [0.1, 0.15) is 65.2 Å². The van der Waals surface area contributed by atoms with Gasteiger partial charge in [0.15, 0.2) is 5.96 Å². The van der Waals surface area contributed by atoms with E-state index in [1.54, 1.807) is 0 Å². The predicted octanol–water partition coefficient (Wildman–Crippen LogP) is 0.889. The monoisotopic (exact) mass is 371 g/mol. The summed E-state index contributed by atoms with van der Waals surface area (Å²) >= 11 is 0. The van der Waals surface area contributed by atoms with Crippen LogP contribution in [0.2, 0.25) is 0 Å². The third-order valence-electron chi connectivity index (χ3n) is 3.54. The lowest BCUT2D eigenvalue weighted by molar-refractivity contribution is -0.138. The SMILES string of the molecule is CC(C)CC(=O)N[C@H](CC(=O)O)NC(=O)CCCCCCCNC(=N)N. The first-order valence-corrected chi connectivity index (χ1v) is 9.09. The minimum absolute atomic E-state index is 0.0296. The lowest BCUT2D eigenvalue weighted by Gasteiger charge is -2.19. The average Bonchev–Trinajstić information content (AvgIpc) is 2.47. The molecule has 1 atom stereocenters. The van der Waals surface area contributed by atoms with Crippen LogP contribution in [0.3, 0.4) is 0 Å². The Balaban J connectivity index is 4.00. The van der Waals surface area contributed by atoms with E-state index in [-0.39, 0.29) is 36.5 Å². The van der Waals surface area contributed by atoms with Crippen molar-refractivity contribution in [3.05, 3.63) is 0 Å². The number of nitrogens with one attached hydrogen (secondary N) is 4. The normalized spacial score (nSPS) is 11.7. The molecule has 0 saturated carbocycles. The van der Waals surface area contributed by atoms with Crippen molar-refractivity contribution < 1.29 is 19.5 Å². The van der Waals surface area contributed by atoms with Gasteiger partial charge in [0.25, 0.3) is 0 Å². The van der Waals surface area contributed by atoms with E-state index in [0.29, 0.717) is 19.4 Å². The molecule has 0 unspecified atom stereocenters. The molecule has 0 fully saturated rings. The molecule has 2 amide bonds. The second-order valence-corrected chi connectivity index (χ2v) is 6.74. The number of nitrogens with two attached hydrogens (primary N) is 1. The lowest BCUT2D eigenvalue weighted by Crippen LogP contribution is -2.49. The van der Waals surface area contributed by atoms with E-state index in [1.807, 2.05) is 13.8 Å². The summed E-state index contributed by atoms with van der Waals surface area (Å²) in [6.45, 7) is 4.45. The Labute approximate surface area is 155 Å². The van der Waals surface area contributed by atoms with Gasteiger partial charge in [0.2, 0.25) is 11.8 Å². The maximum absolute atomic E-state index is 11.9. The van der Waals surface area contributed by atoms with Crippen molar-refractivity contribution in [1.82, 2.24) is 16.0 Å². The van der Waals surface area contributed by atoms with Gasteiger partial charge in [-0.1, -0.05) is 33.1 Å². The number of hydrogen-bond acceptors (Lipinski definition) is 4. The maximum Gasteiger partial charge on any atom is 0.307 e. The standard InChI is InChI=1S/C17H33N5O4/c1-12(2)10-15(24)22-13(11-16(25)26)21-14(23)8-6-4-3-5-7-9-20-17(18)19/h12-13H,3-11H2,1-2H3,(H,21,23)(H,22,24)(H,25,26)(H4,18,19,20)/t13-/m1/s1. The molecule has 150 valence electrons. The molecule has 0 aliphatic carbocycles. The van der Waals surface area contributed by atoms with Gasteiger partial charge in [0.05, 0.1) is 6.42 Å². The second kappa shape index (κ2) is 13.9. The summed E-state index contributed by atoms with van der Waals surface area (Å²) in [4.78, 5) is 34.6. The highest BCUT2D eigenvalue weighted by Crippen LogP contribution is 2.05. The number of amides is 2. The molecule has 0 aromatic rings. The molecule has 7 N–H and O–H groups in total. The van der Waals surface area contributed by atoms with Crippen molar-refractivity contribution >= 4 is 23.7 Å². The first-order chi connectivity index (χ1) is 12.2. The minimum Gasteiger partial charge on any atom is -0.481 e. The number of rotatable bonds is 14. The fourth-order valence-corrected chi connectivity index (χ4v) is 2.37. The minimum atomic E-state index is -1.08. The van der Waals surface area contributed by atoms with Crippen molar-refractivity contribution in [2.45, 2.75) is 71.4 Å². The number of unbranched alkanes of at least 4 members (excludes halogenated alkanes) is 4. The zero-order valence-corrected chi connectivity index (χ0v) is 15.8. The first-order valence-electron chi connectivity index (χ1n) is 9.09. The quantitative estimate of drug-likeness (QED) is 0.115. The van der Waals surface area contributed by atoms with E-state index < -0.39 is 12.1 Å². The summed E-state index contributed by atoms with van der Waals surface area (Å²) in [7, 11) is 0. The van der Waals surface area contributed by atoms with Gasteiger partial charge in [-0.15, -0.1) is 0 Å². The Morgan fingerprint density at radius 3 is 2.12 bits per heavy atom. The van der Waals surface area contributed by atoms with Crippen molar-refractivity contribution in [3.63, 3.8) is 0 Å². The fourth-order valence-electron chi connectivity index (χ4n) is 2.37. The van der Waals surface area contributed by atoms with Crippen molar-refractivity contribution in [2.24, 2.45) is 11.7 Å². The van der Waals surface area contributed by atoms with Crippen molar-refractivity contribution in [3.8, 4) is 0 Å². The van der Waals surface area contributed by atoms with Crippen LogP contribution in [0, 0.1) is 11.3 Å². The van der Waals surface area contributed by atoms with E-state index in [2.05, 4.69) is 16.0 Å². The summed E-state index contributed by atoms with van der Waals surface area (Å²) in [6, 6.07) is 0. The van der Waals surface area contributed by atoms with Gasteiger partial charge >= 0.3 is 5.97 Å². The highest BCUT2D eigenvalue weighted by Gasteiger charge is 2.18. The molecule has 9 heteroatoms. The summed E-state index contributed by atoms with van der Waals surface area (Å²) in [5.41, 5.74) is 5.18. The average molecular weight is 371 g/mol. The van der Waals surface area contributed by atoms with E-state index in [0.717, 1.165) is 25.7 Å². The number of carbonyl (C=O) groups excluding carboxylic acids is 2. The second-order valence-electron chi connectivity index (χ2n) is 6.74. The number of hydrogen-bond donors (Lipinski definition) is 6. The molecule has 0 aliphatic heterocycles. The van der Waals surface area contributed by atoms with Crippen LogP contribution in [0.5, 0.6) is 0 Å². The van der Waals surface area contributed by atoms with E-state index >= 15 is 0 Å². The third-order valence-corrected chi connectivity index (χ3v) is 3.54. The van der Waals surface area contributed by atoms with Crippen LogP contribution in [0.25, 0.3) is 0 Å². The smallest absolute Gasteiger partial charge is 0.307 e. The largest absolute Gasteiger partial charge is 0.481 e.